The van der Waals surface area contributed by atoms with Crippen LogP contribution in [-0.4, -0.2) is 53.9 Å². The van der Waals surface area contributed by atoms with Crippen LogP contribution in [0, 0.1) is 5.92 Å². The van der Waals surface area contributed by atoms with Crippen molar-refractivity contribution in [1.82, 2.24) is 14.7 Å². The maximum atomic E-state index is 6.46. The summed E-state index contributed by atoms with van der Waals surface area (Å²) < 4.78 is 7.44. The van der Waals surface area contributed by atoms with Crippen molar-refractivity contribution >= 4 is 11.8 Å². The fourth-order valence-electron chi connectivity index (χ4n) is 2.40. The van der Waals surface area contributed by atoms with E-state index in [1.807, 2.05) is 16.4 Å². The molecule has 1 aliphatic heterocycles. The lowest BCUT2D eigenvalue weighted by atomic mass is 9.97. The molecule has 2 rings (SSSR count). The lowest BCUT2D eigenvalue weighted by Crippen LogP contribution is -2.27. The minimum atomic E-state index is 0.0228. The summed E-state index contributed by atoms with van der Waals surface area (Å²) in [6.07, 6.45) is 2.97. The van der Waals surface area contributed by atoms with E-state index in [0.29, 0.717) is 5.92 Å². The highest BCUT2D eigenvalue weighted by Gasteiger charge is 2.29. The molecule has 0 spiro atoms. The van der Waals surface area contributed by atoms with Crippen molar-refractivity contribution in [3.63, 3.8) is 0 Å². The molecule has 6 heteroatoms. The second-order valence-corrected chi connectivity index (χ2v) is 6.42. The molecule has 2 N–H and O–H groups in total. The van der Waals surface area contributed by atoms with Crippen LogP contribution in [0.4, 0.5) is 0 Å². The number of thioether (sulfide) groups is 1. The molecule has 1 aliphatic rings. The molecule has 108 valence electrons. The summed E-state index contributed by atoms with van der Waals surface area (Å²) in [7, 11) is 5.81. The number of ether oxygens (including phenoxy) is 1. The normalized spacial score (nSPS) is 21.0. The van der Waals surface area contributed by atoms with E-state index >= 15 is 0 Å². The first-order valence-corrected chi connectivity index (χ1v) is 7.86. The Bertz CT molecular complexity index is 401. The Balaban J connectivity index is 2.17. The summed E-state index contributed by atoms with van der Waals surface area (Å²) in [5, 5.41) is 4.43. The summed E-state index contributed by atoms with van der Waals surface area (Å²) in [5.74, 6) is 3.72. The van der Waals surface area contributed by atoms with Crippen LogP contribution in [0.2, 0.25) is 0 Å². The number of nitrogens with two attached hydrogens (primary N) is 1. The maximum Gasteiger partial charge on any atom is 0.161 e. The molecule has 1 saturated heterocycles. The molecule has 0 aromatic carbocycles. The Labute approximate surface area is 119 Å². The number of rotatable bonds is 6. The molecule has 1 aromatic rings. The van der Waals surface area contributed by atoms with E-state index < -0.39 is 0 Å². The fourth-order valence-corrected chi connectivity index (χ4v) is 3.72. The van der Waals surface area contributed by atoms with Crippen molar-refractivity contribution in [3.05, 3.63) is 11.9 Å². The zero-order valence-corrected chi connectivity index (χ0v) is 12.8. The highest BCUT2D eigenvalue weighted by molar-refractivity contribution is 7.99. The minimum Gasteiger partial charge on any atom is -0.493 e. The predicted molar refractivity (Wildman–Crippen MR) is 79.7 cm³/mol. The van der Waals surface area contributed by atoms with Gasteiger partial charge in [0.25, 0.3) is 0 Å². The first kappa shape index (κ1) is 14.7. The van der Waals surface area contributed by atoms with Crippen LogP contribution in [-0.2, 0) is 6.54 Å². The zero-order chi connectivity index (χ0) is 13.8. The molecule has 0 bridgehead atoms. The van der Waals surface area contributed by atoms with Crippen LogP contribution in [0.25, 0.3) is 0 Å². The highest BCUT2D eigenvalue weighted by atomic mass is 32.2. The molecular formula is C13H24N4OS. The van der Waals surface area contributed by atoms with Gasteiger partial charge in [-0.15, -0.1) is 0 Å². The van der Waals surface area contributed by atoms with Gasteiger partial charge in [-0.1, -0.05) is 0 Å². The monoisotopic (exact) mass is 284 g/mol. The van der Waals surface area contributed by atoms with Gasteiger partial charge in [-0.2, -0.15) is 16.9 Å². The van der Waals surface area contributed by atoms with Crippen molar-refractivity contribution in [2.24, 2.45) is 11.7 Å². The van der Waals surface area contributed by atoms with E-state index in [9.17, 15) is 0 Å². The molecule has 2 heterocycles. The number of nitrogens with zero attached hydrogens (tertiary/aromatic N) is 3. The van der Waals surface area contributed by atoms with Crippen LogP contribution < -0.4 is 10.5 Å². The largest absolute Gasteiger partial charge is 0.493 e. The van der Waals surface area contributed by atoms with E-state index in [4.69, 9.17) is 10.5 Å². The second-order valence-electron chi connectivity index (χ2n) is 5.27. The number of hydrogen-bond donors (Lipinski definition) is 1. The molecule has 19 heavy (non-hydrogen) atoms. The lowest BCUT2D eigenvalue weighted by Gasteiger charge is -2.21. The maximum absolute atomic E-state index is 6.46. The van der Waals surface area contributed by atoms with Gasteiger partial charge in [-0.05, 0) is 37.9 Å². The van der Waals surface area contributed by atoms with Gasteiger partial charge in [0, 0.05) is 6.54 Å². The molecule has 0 radical (unpaired) electrons. The second kappa shape index (κ2) is 6.63. The van der Waals surface area contributed by atoms with Crippen LogP contribution in [0.1, 0.15) is 18.2 Å². The minimum absolute atomic E-state index is 0.0228. The third-order valence-corrected chi connectivity index (χ3v) is 4.80. The Morgan fingerprint density at radius 1 is 1.63 bits per heavy atom. The highest BCUT2D eigenvalue weighted by Crippen LogP contribution is 2.36. The summed E-state index contributed by atoms with van der Waals surface area (Å²) in [6, 6.07) is 0.0228. The van der Waals surface area contributed by atoms with E-state index in [2.05, 4.69) is 24.1 Å². The Kier molecular flexibility index (Phi) is 5.13. The van der Waals surface area contributed by atoms with Crippen LogP contribution >= 0.6 is 11.8 Å². The summed E-state index contributed by atoms with van der Waals surface area (Å²) in [5.41, 5.74) is 7.51. The van der Waals surface area contributed by atoms with E-state index in [1.165, 1.54) is 12.2 Å². The summed E-state index contributed by atoms with van der Waals surface area (Å²) >= 11 is 1.99. The summed E-state index contributed by atoms with van der Waals surface area (Å²) in [4.78, 5) is 2.15. The smallest absolute Gasteiger partial charge is 0.161 e. The quantitative estimate of drug-likeness (QED) is 0.851. The SMILES string of the molecule is COc1cnn(CCN(C)C)c1C(N)C1CCSC1. The van der Waals surface area contributed by atoms with Gasteiger partial charge in [0.15, 0.2) is 5.75 Å². The predicted octanol–water partition coefficient (Wildman–Crippen LogP) is 1.21. The van der Waals surface area contributed by atoms with Crippen LogP contribution in [0.3, 0.4) is 0 Å². The summed E-state index contributed by atoms with van der Waals surface area (Å²) in [6.45, 7) is 1.79. The third kappa shape index (κ3) is 3.43. The number of methoxy groups -OCH3 is 1. The first-order chi connectivity index (χ1) is 9.13. The van der Waals surface area contributed by atoms with Crippen molar-refractivity contribution in [1.29, 1.82) is 0 Å². The Morgan fingerprint density at radius 3 is 3.00 bits per heavy atom. The fraction of sp³-hybridized carbons (Fsp3) is 0.769. The topological polar surface area (TPSA) is 56.3 Å². The number of aromatic nitrogens is 2. The van der Waals surface area contributed by atoms with Gasteiger partial charge in [-0.3, -0.25) is 4.68 Å². The molecule has 2 unspecified atom stereocenters. The molecule has 0 saturated carbocycles. The molecule has 5 nitrogen and oxygen atoms in total. The van der Waals surface area contributed by atoms with Crippen molar-refractivity contribution < 1.29 is 4.74 Å². The van der Waals surface area contributed by atoms with Crippen molar-refractivity contribution in [2.45, 2.75) is 19.0 Å². The molecule has 1 aromatic heterocycles. The molecular weight excluding hydrogens is 260 g/mol. The van der Waals surface area contributed by atoms with Crippen LogP contribution in [0.15, 0.2) is 6.20 Å². The number of hydrogen-bond acceptors (Lipinski definition) is 5. The van der Waals surface area contributed by atoms with Gasteiger partial charge in [-0.25, -0.2) is 0 Å². The van der Waals surface area contributed by atoms with Gasteiger partial charge < -0.3 is 15.4 Å². The van der Waals surface area contributed by atoms with Gasteiger partial charge >= 0.3 is 0 Å². The average molecular weight is 284 g/mol. The average Bonchev–Trinajstić information content (AvgIpc) is 3.04. The Hall–Kier alpha value is -0.720. The number of likely N-dealkylation sites (N-methyl/N-ethyl adjacent to an activating group) is 1. The molecule has 0 aliphatic carbocycles. The molecule has 2 atom stereocenters. The van der Waals surface area contributed by atoms with E-state index in [0.717, 1.165) is 30.3 Å². The van der Waals surface area contributed by atoms with Crippen molar-refractivity contribution in [3.8, 4) is 5.75 Å². The Morgan fingerprint density at radius 2 is 2.42 bits per heavy atom. The lowest BCUT2D eigenvalue weighted by molar-refractivity contribution is 0.349. The van der Waals surface area contributed by atoms with Gasteiger partial charge in [0.1, 0.15) is 0 Å². The van der Waals surface area contributed by atoms with E-state index in [-0.39, 0.29) is 6.04 Å². The standard InChI is InChI=1S/C13H24N4OS/c1-16(2)5-6-17-13(11(18-3)8-15-17)12(14)10-4-7-19-9-10/h8,10,12H,4-7,9,14H2,1-3H3. The third-order valence-electron chi connectivity index (χ3n) is 3.61. The molecule has 0 amide bonds. The van der Waals surface area contributed by atoms with Crippen molar-refractivity contribution in [2.75, 3.05) is 39.3 Å². The molecule has 1 fully saturated rings. The van der Waals surface area contributed by atoms with Gasteiger partial charge in [0.2, 0.25) is 0 Å². The van der Waals surface area contributed by atoms with E-state index in [1.54, 1.807) is 13.3 Å². The zero-order valence-electron chi connectivity index (χ0n) is 12.0. The van der Waals surface area contributed by atoms with Crippen LogP contribution in [0.5, 0.6) is 5.75 Å². The van der Waals surface area contributed by atoms with Gasteiger partial charge in [0.05, 0.1) is 31.6 Å². The first-order valence-electron chi connectivity index (χ1n) is 6.71.